The number of carbonyl (C=O) groups is 4. The van der Waals surface area contributed by atoms with Crippen molar-refractivity contribution in [2.24, 2.45) is 0 Å². The Morgan fingerprint density at radius 3 is 2.02 bits per heavy atom. The van der Waals surface area contributed by atoms with Crippen LogP contribution in [0.3, 0.4) is 0 Å². The monoisotopic (exact) mass is 623 g/mol. The zero-order valence-corrected chi connectivity index (χ0v) is 26.1. The molecular weight excluding hydrogens is 590 g/mol. The lowest BCUT2D eigenvalue weighted by molar-refractivity contribution is -0.115. The third-order valence-electron chi connectivity index (χ3n) is 6.62. The maximum absolute atomic E-state index is 13.5. The Labute approximate surface area is 266 Å². The number of nitrogens with one attached hydrogen (secondary N) is 3. The van der Waals surface area contributed by atoms with Gasteiger partial charge in [0.05, 0.1) is 19.5 Å². The number of thioether (sulfide) groups is 1. The summed E-state index contributed by atoms with van der Waals surface area (Å²) >= 11 is 1.36. The predicted molar refractivity (Wildman–Crippen MR) is 177 cm³/mol. The lowest BCUT2D eigenvalue weighted by atomic mass is 10.1. The fraction of sp³-hybridized carbons (Fsp3) is 0.143. The molecule has 4 aromatic carbocycles. The largest absolute Gasteiger partial charge is 0.497 e. The van der Waals surface area contributed by atoms with Gasteiger partial charge < -0.3 is 25.4 Å². The van der Waals surface area contributed by atoms with Crippen molar-refractivity contribution in [2.45, 2.75) is 24.0 Å². The first-order valence-electron chi connectivity index (χ1n) is 14.0. The Bertz CT molecular complexity index is 1700. The summed E-state index contributed by atoms with van der Waals surface area (Å²) in [7, 11) is 3.05. The Morgan fingerprint density at radius 1 is 0.756 bits per heavy atom. The molecule has 0 aliphatic carbocycles. The second-order valence-electron chi connectivity index (χ2n) is 9.85. The molecule has 3 N–H and O–H groups in total. The van der Waals surface area contributed by atoms with Crippen LogP contribution in [0.4, 0.5) is 11.4 Å². The third kappa shape index (κ3) is 9.07. The number of hydrogen-bond acceptors (Lipinski definition) is 7. The minimum Gasteiger partial charge on any atom is -0.497 e. The summed E-state index contributed by atoms with van der Waals surface area (Å²) in [4.78, 5) is 51.5. The van der Waals surface area contributed by atoms with E-state index in [9.17, 15) is 19.2 Å². The van der Waals surface area contributed by atoms with E-state index in [1.54, 1.807) is 111 Å². The van der Waals surface area contributed by atoms with Gasteiger partial charge in [-0.25, -0.2) is 0 Å². The number of rotatable bonds is 12. The van der Waals surface area contributed by atoms with Crippen molar-refractivity contribution in [1.29, 1.82) is 0 Å². The van der Waals surface area contributed by atoms with E-state index >= 15 is 0 Å². The fourth-order valence-corrected chi connectivity index (χ4v) is 5.01. The van der Waals surface area contributed by atoms with Crippen LogP contribution < -0.4 is 25.4 Å². The Kier molecular flexibility index (Phi) is 11.1. The van der Waals surface area contributed by atoms with Crippen LogP contribution in [0.1, 0.15) is 40.1 Å². The average Bonchev–Trinajstić information content (AvgIpc) is 3.05. The summed E-state index contributed by atoms with van der Waals surface area (Å²) in [5.41, 5.74) is 2.63. The van der Waals surface area contributed by atoms with Crippen molar-refractivity contribution >= 4 is 52.7 Å². The van der Waals surface area contributed by atoms with Crippen molar-refractivity contribution in [3.05, 3.63) is 119 Å². The molecule has 0 aliphatic rings. The van der Waals surface area contributed by atoms with Crippen LogP contribution in [0.25, 0.3) is 6.08 Å². The molecule has 9 nitrogen and oxygen atoms in total. The number of amides is 3. The summed E-state index contributed by atoms with van der Waals surface area (Å²) in [5.74, 6) is -0.180. The van der Waals surface area contributed by atoms with E-state index in [0.717, 1.165) is 4.90 Å². The first-order chi connectivity index (χ1) is 21.7. The Morgan fingerprint density at radius 2 is 1.40 bits per heavy atom. The molecule has 45 heavy (non-hydrogen) atoms. The molecule has 3 amide bonds. The molecule has 0 heterocycles. The second kappa shape index (κ2) is 15.4. The molecule has 4 rings (SSSR count). The van der Waals surface area contributed by atoms with Crippen molar-refractivity contribution in [1.82, 2.24) is 5.32 Å². The van der Waals surface area contributed by atoms with E-state index in [1.165, 1.54) is 31.9 Å². The predicted octanol–water partition coefficient (Wildman–Crippen LogP) is 6.44. The summed E-state index contributed by atoms with van der Waals surface area (Å²) in [6, 6.07) is 27.5. The van der Waals surface area contributed by atoms with Gasteiger partial charge in [0.15, 0.2) is 5.78 Å². The standard InChI is InChI=1S/C35H33N3O6S/c1-22(39)24-10-13-27(14-11-24)36-33(40)23(2)45-30-18-15-28(16-19-30)37-35(42)31(38-34(41)25-8-6-5-7-9-25)20-26-12-17-29(43-3)21-32(26)44-4/h5-21,23H,1-4H3,(H,36,40)(H,37,42)(H,38,41)/b31-20-. The van der Waals surface area contributed by atoms with Crippen molar-refractivity contribution in [2.75, 3.05) is 24.9 Å². The van der Waals surface area contributed by atoms with Gasteiger partial charge >= 0.3 is 0 Å². The number of Topliss-reactive ketones (excluding diaryl/α,β-unsaturated/α-hetero) is 1. The van der Waals surface area contributed by atoms with E-state index in [0.29, 0.717) is 39.6 Å². The second-order valence-corrected chi connectivity index (χ2v) is 11.3. The molecule has 230 valence electrons. The van der Waals surface area contributed by atoms with Gasteiger partial charge in [-0.3, -0.25) is 19.2 Å². The molecule has 0 aliphatic heterocycles. The summed E-state index contributed by atoms with van der Waals surface area (Å²) in [6.07, 6.45) is 1.53. The highest BCUT2D eigenvalue weighted by molar-refractivity contribution is 8.00. The zero-order valence-electron chi connectivity index (χ0n) is 25.3. The van der Waals surface area contributed by atoms with Gasteiger partial charge in [0.1, 0.15) is 17.2 Å². The average molecular weight is 624 g/mol. The lowest BCUT2D eigenvalue weighted by Crippen LogP contribution is -2.30. The number of methoxy groups -OCH3 is 2. The number of ether oxygens (including phenoxy) is 2. The number of anilines is 2. The lowest BCUT2D eigenvalue weighted by Gasteiger charge is -2.14. The van der Waals surface area contributed by atoms with Crippen LogP contribution in [0, 0.1) is 0 Å². The van der Waals surface area contributed by atoms with Gasteiger partial charge in [-0.15, -0.1) is 11.8 Å². The molecular formula is C35H33N3O6S. The van der Waals surface area contributed by atoms with Crippen LogP contribution in [0.2, 0.25) is 0 Å². The minimum absolute atomic E-state index is 0.00685. The molecule has 0 spiro atoms. The highest BCUT2D eigenvalue weighted by atomic mass is 32.2. The molecule has 0 bridgehead atoms. The van der Waals surface area contributed by atoms with E-state index in [2.05, 4.69) is 16.0 Å². The highest BCUT2D eigenvalue weighted by Crippen LogP contribution is 2.28. The van der Waals surface area contributed by atoms with Crippen molar-refractivity contribution in [3.8, 4) is 11.5 Å². The maximum atomic E-state index is 13.5. The number of hydrogen-bond donors (Lipinski definition) is 3. The highest BCUT2D eigenvalue weighted by Gasteiger charge is 2.18. The molecule has 1 unspecified atom stereocenters. The summed E-state index contributed by atoms with van der Waals surface area (Å²) in [5, 5.41) is 7.98. The third-order valence-corrected chi connectivity index (χ3v) is 7.73. The molecule has 0 fully saturated rings. The van der Waals surface area contributed by atoms with E-state index in [1.807, 2.05) is 0 Å². The first-order valence-corrected chi connectivity index (χ1v) is 14.8. The number of ketones is 1. The fourth-order valence-electron chi connectivity index (χ4n) is 4.14. The summed E-state index contributed by atoms with van der Waals surface area (Å²) < 4.78 is 10.7. The Hall–Kier alpha value is -5.35. The number of carbonyl (C=O) groups excluding carboxylic acids is 4. The Balaban J connectivity index is 1.46. The van der Waals surface area contributed by atoms with Gasteiger partial charge in [0.25, 0.3) is 11.8 Å². The quantitative estimate of drug-likeness (QED) is 0.0944. The molecule has 4 aromatic rings. The topological polar surface area (TPSA) is 123 Å². The van der Waals surface area contributed by atoms with Crippen LogP contribution in [-0.2, 0) is 9.59 Å². The molecule has 10 heteroatoms. The molecule has 0 radical (unpaired) electrons. The smallest absolute Gasteiger partial charge is 0.272 e. The van der Waals surface area contributed by atoms with Gasteiger partial charge in [-0.05, 0) is 92.7 Å². The van der Waals surface area contributed by atoms with E-state index in [-0.39, 0.29) is 17.4 Å². The van der Waals surface area contributed by atoms with Gasteiger partial charge in [0, 0.05) is 39.0 Å². The van der Waals surface area contributed by atoms with E-state index < -0.39 is 17.1 Å². The molecule has 0 aromatic heterocycles. The zero-order chi connectivity index (χ0) is 32.3. The molecule has 0 saturated carbocycles. The van der Waals surface area contributed by atoms with Crippen LogP contribution in [-0.4, -0.2) is 43.0 Å². The van der Waals surface area contributed by atoms with Crippen molar-refractivity contribution in [3.63, 3.8) is 0 Å². The van der Waals surface area contributed by atoms with Crippen molar-refractivity contribution < 1.29 is 28.7 Å². The number of benzene rings is 4. The molecule has 0 saturated heterocycles. The van der Waals surface area contributed by atoms with Crippen LogP contribution in [0.5, 0.6) is 11.5 Å². The van der Waals surface area contributed by atoms with Gasteiger partial charge in [-0.2, -0.15) is 0 Å². The normalized spacial score (nSPS) is 11.6. The van der Waals surface area contributed by atoms with Gasteiger partial charge in [-0.1, -0.05) is 18.2 Å². The van der Waals surface area contributed by atoms with E-state index in [4.69, 9.17) is 9.47 Å². The van der Waals surface area contributed by atoms with Gasteiger partial charge in [0.2, 0.25) is 5.91 Å². The maximum Gasteiger partial charge on any atom is 0.272 e. The van der Waals surface area contributed by atoms with Crippen LogP contribution in [0.15, 0.2) is 108 Å². The molecule has 1 atom stereocenters. The minimum atomic E-state index is -0.541. The van der Waals surface area contributed by atoms with Crippen LogP contribution >= 0.6 is 11.8 Å². The first kappa shape index (κ1) is 32.6. The summed E-state index contributed by atoms with van der Waals surface area (Å²) in [6.45, 7) is 3.28. The SMILES string of the molecule is COc1ccc(/C=C(\NC(=O)c2ccccc2)C(=O)Nc2ccc(SC(C)C(=O)Nc3ccc(C(C)=O)cc3)cc2)c(OC)c1.